The molecule has 0 atom stereocenters. The molecule has 0 spiro atoms. The van der Waals surface area contributed by atoms with Gasteiger partial charge < -0.3 is 10.6 Å². The molecule has 0 unspecified atom stereocenters. The second kappa shape index (κ2) is 6.54. The normalized spacial score (nSPS) is 10.5. The number of aromatic nitrogens is 2. The van der Waals surface area contributed by atoms with E-state index in [1.54, 1.807) is 12.1 Å². The number of anilines is 3. The molecule has 0 saturated carbocycles. The zero-order valence-corrected chi connectivity index (χ0v) is 12.9. The fourth-order valence-corrected chi connectivity index (χ4v) is 1.79. The standard InChI is InChI=1S/C15H17ClN4O/c1-9(2)15(21)18-14-8-7-13(19-20-14)17-12-6-4-5-11(16)10(12)3/h4-9H,1-3H3,(H,17,19)(H,18,20,21). The third-order valence-corrected chi connectivity index (χ3v) is 3.38. The lowest BCUT2D eigenvalue weighted by atomic mass is 10.2. The van der Waals surface area contributed by atoms with E-state index in [1.807, 2.05) is 39.0 Å². The number of hydrogen-bond acceptors (Lipinski definition) is 4. The monoisotopic (exact) mass is 304 g/mol. The van der Waals surface area contributed by atoms with Crippen molar-refractivity contribution >= 4 is 34.8 Å². The van der Waals surface area contributed by atoms with E-state index in [-0.39, 0.29) is 11.8 Å². The van der Waals surface area contributed by atoms with Gasteiger partial charge in [-0.3, -0.25) is 4.79 Å². The van der Waals surface area contributed by atoms with Crippen LogP contribution in [0.2, 0.25) is 5.02 Å². The maximum absolute atomic E-state index is 11.6. The van der Waals surface area contributed by atoms with Gasteiger partial charge in [0.1, 0.15) is 0 Å². The summed E-state index contributed by atoms with van der Waals surface area (Å²) >= 11 is 6.07. The minimum Gasteiger partial charge on any atom is -0.338 e. The first-order valence-electron chi connectivity index (χ1n) is 6.64. The maximum Gasteiger partial charge on any atom is 0.228 e. The van der Waals surface area contributed by atoms with Crippen LogP contribution in [0.25, 0.3) is 0 Å². The van der Waals surface area contributed by atoms with Gasteiger partial charge in [-0.25, -0.2) is 0 Å². The van der Waals surface area contributed by atoms with Crippen molar-refractivity contribution < 1.29 is 4.79 Å². The second-order valence-electron chi connectivity index (χ2n) is 4.99. The number of halogens is 1. The zero-order chi connectivity index (χ0) is 15.4. The van der Waals surface area contributed by atoms with E-state index in [1.165, 1.54) is 0 Å². The molecule has 110 valence electrons. The van der Waals surface area contributed by atoms with E-state index >= 15 is 0 Å². The highest BCUT2D eigenvalue weighted by Gasteiger charge is 2.08. The van der Waals surface area contributed by atoms with Crippen LogP contribution in [0.15, 0.2) is 30.3 Å². The van der Waals surface area contributed by atoms with Gasteiger partial charge in [0.2, 0.25) is 5.91 Å². The lowest BCUT2D eigenvalue weighted by molar-refractivity contribution is -0.118. The SMILES string of the molecule is Cc1c(Cl)cccc1Nc1ccc(NC(=O)C(C)C)nn1. The molecular formula is C15H17ClN4O. The van der Waals surface area contributed by atoms with Crippen molar-refractivity contribution in [3.05, 3.63) is 40.9 Å². The number of nitrogens with one attached hydrogen (secondary N) is 2. The van der Waals surface area contributed by atoms with E-state index in [4.69, 9.17) is 11.6 Å². The molecule has 2 rings (SSSR count). The second-order valence-corrected chi connectivity index (χ2v) is 5.39. The van der Waals surface area contributed by atoms with Gasteiger partial charge in [0.15, 0.2) is 11.6 Å². The Morgan fingerprint density at radius 3 is 2.43 bits per heavy atom. The van der Waals surface area contributed by atoms with Crippen molar-refractivity contribution in [2.45, 2.75) is 20.8 Å². The van der Waals surface area contributed by atoms with E-state index in [0.29, 0.717) is 16.7 Å². The van der Waals surface area contributed by atoms with Gasteiger partial charge in [0.05, 0.1) is 0 Å². The van der Waals surface area contributed by atoms with Gasteiger partial charge in [-0.2, -0.15) is 0 Å². The minimum atomic E-state index is -0.0984. The summed E-state index contributed by atoms with van der Waals surface area (Å²) in [5.41, 5.74) is 1.81. The summed E-state index contributed by atoms with van der Waals surface area (Å²) < 4.78 is 0. The number of carbonyl (C=O) groups is 1. The lowest BCUT2D eigenvalue weighted by Gasteiger charge is -2.10. The third kappa shape index (κ3) is 3.92. The zero-order valence-electron chi connectivity index (χ0n) is 12.1. The average molecular weight is 305 g/mol. The molecule has 5 nitrogen and oxygen atoms in total. The first-order valence-corrected chi connectivity index (χ1v) is 7.02. The Balaban J connectivity index is 2.09. The number of nitrogens with zero attached hydrogens (tertiary/aromatic N) is 2. The Labute approximate surface area is 128 Å². The highest BCUT2D eigenvalue weighted by Crippen LogP contribution is 2.25. The van der Waals surface area contributed by atoms with Gasteiger partial charge >= 0.3 is 0 Å². The molecule has 21 heavy (non-hydrogen) atoms. The summed E-state index contributed by atoms with van der Waals surface area (Å²) in [4.78, 5) is 11.6. The van der Waals surface area contributed by atoms with E-state index in [0.717, 1.165) is 11.3 Å². The molecule has 1 aromatic carbocycles. The van der Waals surface area contributed by atoms with Gasteiger partial charge in [-0.1, -0.05) is 31.5 Å². The summed E-state index contributed by atoms with van der Waals surface area (Å²) in [6.07, 6.45) is 0. The Bertz CT molecular complexity index is 641. The molecule has 1 aromatic heterocycles. The number of benzene rings is 1. The lowest BCUT2D eigenvalue weighted by Crippen LogP contribution is -2.18. The van der Waals surface area contributed by atoms with Crippen LogP contribution < -0.4 is 10.6 Å². The van der Waals surface area contributed by atoms with Gasteiger partial charge in [-0.15, -0.1) is 10.2 Å². The topological polar surface area (TPSA) is 66.9 Å². The minimum absolute atomic E-state index is 0.0873. The van der Waals surface area contributed by atoms with Crippen molar-refractivity contribution in [3.63, 3.8) is 0 Å². The Hall–Kier alpha value is -2.14. The summed E-state index contributed by atoms with van der Waals surface area (Å²) in [5.74, 6) is 0.833. The molecule has 0 radical (unpaired) electrons. The molecule has 1 heterocycles. The van der Waals surface area contributed by atoms with Crippen LogP contribution in [0.1, 0.15) is 19.4 Å². The molecule has 2 N–H and O–H groups in total. The molecule has 0 saturated heterocycles. The number of carbonyl (C=O) groups excluding carboxylic acids is 1. The Morgan fingerprint density at radius 2 is 1.81 bits per heavy atom. The maximum atomic E-state index is 11.6. The smallest absolute Gasteiger partial charge is 0.228 e. The van der Waals surface area contributed by atoms with Crippen molar-refractivity contribution in [2.75, 3.05) is 10.6 Å². The molecule has 0 aliphatic heterocycles. The predicted octanol–water partition coefficient (Wildman–Crippen LogP) is 3.78. The summed E-state index contributed by atoms with van der Waals surface area (Å²) in [6, 6.07) is 9.07. The average Bonchev–Trinajstić information content (AvgIpc) is 2.46. The molecule has 6 heteroatoms. The molecule has 0 aliphatic carbocycles. The van der Waals surface area contributed by atoms with Crippen molar-refractivity contribution in [1.82, 2.24) is 10.2 Å². The number of amides is 1. The summed E-state index contributed by atoms with van der Waals surface area (Å²) in [5, 5.41) is 14.5. The van der Waals surface area contributed by atoms with E-state index in [9.17, 15) is 4.79 Å². The summed E-state index contributed by atoms with van der Waals surface area (Å²) in [7, 11) is 0. The first-order chi connectivity index (χ1) is 9.97. The predicted molar refractivity (Wildman–Crippen MR) is 85.0 cm³/mol. The van der Waals surface area contributed by atoms with Crippen LogP contribution in [-0.4, -0.2) is 16.1 Å². The van der Waals surface area contributed by atoms with Crippen LogP contribution in [0.3, 0.4) is 0 Å². The summed E-state index contributed by atoms with van der Waals surface area (Å²) in [6.45, 7) is 5.57. The fourth-order valence-electron chi connectivity index (χ4n) is 1.62. The van der Waals surface area contributed by atoms with Crippen molar-refractivity contribution in [1.29, 1.82) is 0 Å². The molecule has 0 fully saturated rings. The number of hydrogen-bond donors (Lipinski definition) is 2. The molecule has 1 amide bonds. The van der Waals surface area contributed by atoms with Crippen molar-refractivity contribution in [3.8, 4) is 0 Å². The highest BCUT2D eigenvalue weighted by molar-refractivity contribution is 6.31. The molecule has 0 bridgehead atoms. The van der Waals surface area contributed by atoms with Gasteiger partial charge in [0, 0.05) is 16.6 Å². The van der Waals surface area contributed by atoms with Gasteiger partial charge in [0.25, 0.3) is 0 Å². The van der Waals surface area contributed by atoms with E-state index < -0.39 is 0 Å². The van der Waals surface area contributed by atoms with Crippen LogP contribution in [-0.2, 0) is 4.79 Å². The number of rotatable bonds is 4. The van der Waals surface area contributed by atoms with E-state index in [2.05, 4.69) is 20.8 Å². The van der Waals surface area contributed by atoms with Gasteiger partial charge in [-0.05, 0) is 36.8 Å². The van der Waals surface area contributed by atoms with Crippen LogP contribution in [0.5, 0.6) is 0 Å². The van der Waals surface area contributed by atoms with Crippen LogP contribution >= 0.6 is 11.6 Å². The van der Waals surface area contributed by atoms with Crippen LogP contribution in [0.4, 0.5) is 17.3 Å². The van der Waals surface area contributed by atoms with Crippen molar-refractivity contribution in [2.24, 2.45) is 5.92 Å². The molecule has 2 aromatic rings. The quantitative estimate of drug-likeness (QED) is 0.902. The fraction of sp³-hybridized carbons (Fsp3) is 0.267. The third-order valence-electron chi connectivity index (χ3n) is 2.97. The molecular weight excluding hydrogens is 288 g/mol. The Morgan fingerprint density at radius 1 is 1.14 bits per heavy atom. The largest absolute Gasteiger partial charge is 0.338 e. The van der Waals surface area contributed by atoms with Crippen LogP contribution in [0, 0.1) is 12.8 Å². The highest BCUT2D eigenvalue weighted by atomic mass is 35.5. The molecule has 0 aliphatic rings. The Kier molecular flexibility index (Phi) is 4.75. The first kappa shape index (κ1) is 15.3.